The van der Waals surface area contributed by atoms with E-state index in [1.54, 1.807) is 47.4 Å². The van der Waals surface area contributed by atoms with E-state index < -0.39 is 0 Å². The summed E-state index contributed by atoms with van der Waals surface area (Å²) in [6.07, 6.45) is 6.86. The third kappa shape index (κ3) is 2.72. The van der Waals surface area contributed by atoms with Gasteiger partial charge in [0, 0.05) is 36.1 Å². The molecule has 2 N–H and O–H groups in total. The minimum absolute atomic E-state index is 0.0298. The lowest BCUT2D eigenvalue weighted by Gasteiger charge is -2.06. The maximum Gasteiger partial charge on any atom is 0.255 e. The summed E-state index contributed by atoms with van der Waals surface area (Å²) in [5.41, 5.74) is 3.07. The van der Waals surface area contributed by atoms with E-state index in [-0.39, 0.29) is 11.7 Å². The number of carbonyl (C=O) groups is 1. The monoisotopic (exact) mass is 333 g/mol. The number of hydrogen-bond donors (Lipinski definition) is 2. The van der Waals surface area contributed by atoms with Gasteiger partial charge in [0.05, 0.1) is 18.1 Å². The lowest BCUT2D eigenvalue weighted by Crippen LogP contribution is -2.11. The number of carbonyl (C=O) groups excluding carboxylic acids is 1. The van der Waals surface area contributed by atoms with Crippen molar-refractivity contribution < 1.29 is 9.90 Å². The molecule has 0 atom stereocenters. The summed E-state index contributed by atoms with van der Waals surface area (Å²) in [6, 6.07) is 10.5. The van der Waals surface area contributed by atoms with Crippen molar-refractivity contribution in [3.05, 3.63) is 66.7 Å². The van der Waals surface area contributed by atoms with E-state index in [2.05, 4.69) is 15.5 Å². The van der Waals surface area contributed by atoms with Crippen LogP contribution in [0.1, 0.15) is 10.4 Å². The molecule has 0 aliphatic rings. The fourth-order valence-corrected chi connectivity index (χ4v) is 2.70. The van der Waals surface area contributed by atoms with Crippen molar-refractivity contribution >= 4 is 17.1 Å². The summed E-state index contributed by atoms with van der Waals surface area (Å²) in [5, 5.41) is 21.6. The molecule has 0 unspecified atom stereocenters. The highest BCUT2D eigenvalue weighted by Gasteiger charge is 2.15. The number of fused-ring (bicyclic) bond motifs is 1. The van der Waals surface area contributed by atoms with Crippen molar-refractivity contribution in [2.24, 2.45) is 7.05 Å². The number of aromatic hydroxyl groups is 1. The number of anilines is 1. The van der Waals surface area contributed by atoms with Gasteiger partial charge in [0.15, 0.2) is 0 Å². The van der Waals surface area contributed by atoms with Crippen LogP contribution in [0.2, 0.25) is 0 Å². The summed E-state index contributed by atoms with van der Waals surface area (Å²) in [5.74, 6) is -0.228. The molecule has 0 aliphatic carbocycles. The van der Waals surface area contributed by atoms with Crippen LogP contribution in [0.5, 0.6) is 5.75 Å². The first-order chi connectivity index (χ1) is 12.1. The quantitative estimate of drug-likeness (QED) is 0.604. The van der Waals surface area contributed by atoms with Crippen molar-refractivity contribution in [2.45, 2.75) is 0 Å². The second-order valence-electron chi connectivity index (χ2n) is 5.69. The summed E-state index contributed by atoms with van der Waals surface area (Å²) in [7, 11) is 1.83. The van der Waals surface area contributed by atoms with Gasteiger partial charge in [0.1, 0.15) is 11.3 Å². The summed E-state index contributed by atoms with van der Waals surface area (Å²) in [4.78, 5) is 12.3. The summed E-state index contributed by atoms with van der Waals surface area (Å²) in [6.45, 7) is 0. The molecule has 1 amide bonds. The predicted octanol–water partition coefficient (Wildman–Crippen LogP) is 2.69. The molecule has 0 radical (unpaired) electrons. The van der Waals surface area contributed by atoms with Gasteiger partial charge in [0.25, 0.3) is 5.91 Å². The van der Waals surface area contributed by atoms with Gasteiger partial charge in [-0.3, -0.25) is 9.48 Å². The minimum atomic E-state index is -0.258. The Morgan fingerprint density at radius 1 is 1.08 bits per heavy atom. The molecule has 25 heavy (non-hydrogen) atoms. The highest BCUT2D eigenvalue weighted by molar-refractivity contribution is 6.06. The largest absolute Gasteiger partial charge is 0.506 e. The molecule has 3 aromatic heterocycles. The van der Waals surface area contributed by atoms with Crippen LogP contribution in [0, 0.1) is 0 Å². The van der Waals surface area contributed by atoms with Crippen molar-refractivity contribution in [1.29, 1.82) is 0 Å². The molecule has 7 heteroatoms. The molecule has 124 valence electrons. The van der Waals surface area contributed by atoms with Crippen molar-refractivity contribution in [3.8, 4) is 16.9 Å². The van der Waals surface area contributed by atoms with Gasteiger partial charge >= 0.3 is 0 Å². The number of aryl methyl sites for hydroxylation is 1. The Morgan fingerprint density at radius 2 is 1.88 bits per heavy atom. The number of pyridine rings is 1. The Morgan fingerprint density at radius 3 is 2.60 bits per heavy atom. The van der Waals surface area contributed by atoms with E-state index in [0.29, 0.717) is 16.8 Å². The molecule has 3 heterocycles. The number of rotatable bonds is 3. The zero-order valence-electron chi connectivity index (χ0n) is 13.4. The van der Waals surface area contributed by atoms with Crippen LogP contribution in [-0.2, 0) is 7.05 Å². The predicted molar refractivity (Wildman–Crippen MR) is 93.5 cm³/mol. The van der Waals surface area contributed by atoms with Crippen LogP contribution in [0.25, 0.3) is 16.6 Å². The van der Waals surface area contributed by atoms with Gasteiger partial charge < -0.3 is 10.4 Å². The van der Waals surface area contributed by atoms with Gasteiger partial charge in [0.2, 0.25) is 0 Å². The van der Waals surface area contributed by atoms with Crippen LogP contribution in [0.4, 0.5) is 5.69 Å². The average Bonchev–Trinajstić information content (AvgIpc) is 3.22. The maximum absolute atomic E-state index is 12.3. The normalized spacial score (nSPS) is 10.9. The molecule has 4 aromatic rings. The standard InChI is InChI=1S/C18H15N5O2/c1-22-10-14(8-19-22)13-7-16(24)17-15(9-20-23(17)11-13)21-18(25)12-5-3-2-4-6-12/h2-11,24H,1H3,(H,21,25). The number of amides is 1. The molecule has 4 rings (SSSR count). The van der Waals surface area contributed by atoms with E-state index in [0.717, 1.165) is 11.1 Å². The molecule has 0 bridgehead atoms. The van der Waals surface area contributed by atoms with Gasteiger partial charge in [-0.1, -0.05) is 18.2 Å². The maximum atomic E-state index is 12.3. The number of nitrogens with one attached hydrogen (secondary N) is 1. The third-order valence-electron chi connectivity index (χ3n) is 3.91. The van der Waals surface area contributed by atoms with E-state index in [4.69, 9.17) is 0 Å². The number of nitrogens with zero attached hydrogens (tertiary/aromatic N) is 4. The van der Waals surface area contributed by atoms with Gasteiger partial charge in [-0.25, -0.2) is 4.52 Å². The van der Waals surface area contributed by atoms with Crippen molar-refractivity contribution in [2.75, 3.05) is 5.32 Å². The van der Waals surface area contributed by atoms with Gasteiger partial charge in [-0.15, -0.1) is 0 Å². The first kappa shape index (κ1) is 14.9. The molecule has 0 aliphatic heterocycles. The van der Waals surface area contributed by atoms with Crippen LogP contribution in [0.15, 0.2) is 61.2 Å². The Labute approximate surface area is 143 Å². The van der Waals surface area contributed by atoms with Crippen molar-refractivity contribution in [1.82, 2.24) is 19.4 Å². The highest BCUT2D eigenvalue weighted by atomic mass is 16.3. The lowest BCUT2D eigenvalue weighted by molar-refractivity contribution is 0.102. The van der Waals surface area contributed by atoms with E-state index >= 15 is 0 Å². The summed E-state index contributed by atoms with van der Waals surface area (Å²) < 4.78 is 3.23. The van der Waals surface area contributed by atoms with Crippen molar-refractivity contribution in [3.63, 3.8) is 0 Å². The van der Waals surface area contributed by atoms with E-state index in [1.807, 2.05) is 19.3 Å². The van der Waals surface area contributed by atoms with Crippen LogP contribution in [0.3, 0.4) is 0 Å². The smallest absolute Gasteiger partial charge is 0.255 e. The summed E-state index contributed by atoms with van der Waals surface area (Å²) >= 11 is 0. The molecule has 0 saturated heterocycles. The molecule has 1 aromatic carbocycles. The SMILES string of the molecule is Cn1cc(-c2cc(O)c3c(NC(=O)c4ccccc4)cnn3c2)cn1. The molecular formula is C18H15N5O2. The fourth-order valence-electron chi connectivity index (χ4n) is 2.70. The second-order valence-corrected chi connectivity index (χ2v) is 5.69. The molecule has 0 spiro atoms. The Bertz CT molecular complexity index is 1070. The Kier molecular flexibility index (Phi) is 3.46. The topological polar surface area (TPSA) is 84.5 Å². The van der Waals surface area contributed by atoms with Crippen LogP contribution >= 0.6 is 0 Å². The lowest BCUT2D eigenvalue weighted by atomic mass is 10.1. The van der Waals surface area contributed by atoms with Gasteiger partial charge in [-0.05, 0) is 18.2 Å². The first-order valence-corrected chi connectivity index (χ1v) is 7.67. The third-order valence-corrected chi connectivity index (χ3v) is 3.91. The molecule has 0 saturated carbocycles. The van der Waals surface area contributed by atoms with E-state index in [1.165, 1.54) is 10.7 Å². The number of benzene rings is 1. The average molecular weight is 333 g/mol. The van der Waals surface area contributed by atoms with Crippen LogP contribution < -0.4 is 5.32 Å². The van der Waals surface area contributed by atoms with Gasteiger partial charge in [-0.2, -0.15) is 10.2 Å². The number of aromatic nitrogens is 4. The minimum Gasteiger partial charge on any atom is -0.506 e. The second kappa shape index (κ2) is 5.79. The number of hydrogen-bond acceptors (Lipinski definition) is 4. The van der Waals surface area contributed by atoms with E-state index in [9.17, 15) is 9.90 Å². The molecular weight excluding hydrogens is 318 g/mol. The highest BCUT2D eigenvalue weighted by Crippen LogP contribution is 2.31. The molecule has 0 fully saturated rings. The Hall–Kier alpha value is -3.61. The zero-order valence-corrected chi connectivity index (χ0v) is 13.4. The molecule has 7 nitrogen and oxygen atoms in total. The Balaban J connectivity index is 1.71. The van der Waals surface area contributed by atoms with Crippen LogP contribution in [-0.4, -0.2) is 30.4 Å². The first-order valence-electron chi connectivity index (χ1n) is 7.67. The zero-order chi connectivity index (χ0) is 17.4. The fraction of sp³-hybridized carbons (Fsp3) is 0.0556.